The number of nitrogens with one attached hydrogen (secondary N) is 2. The number of nitrogens with zero attached hydrogens (tertiary/aromatic N) is 1. The lowest BCUT2D eigenvalue weighted by Gasteiger charge is -2.26. The van der Waals surface area contributed by atoms with Gasteiger partial charge in [-0.3, -0.25) is 14.4 Å². The summed E-state index contributed by atoms with van der Waals surface area (Å²) in [5, 5.41) is 15.4. The van der Waals surface area contributed by atoms with E-state index >= 15 is 0 Å². The lowest BCUT2D eigenvalue weighted by Crippen LogP contribution is -2.55. The van der Waals surface area contributed by atoms with Gasteiger partial charge in [0, 0.05) is 32.7 Å². The number of rotatable bonds is 13. The average Bonchev–Trinajstić information content (AvgIpc) is 2.91. The van der Waals surface area contributed by atoms with E-state index in [0.717, 1.165) is 24.3 Å². The number of amides is 3. The summed E-state index contributed by atoms with van der Waals surface area (Å²) in [7, 11) is 0. The molecular formula is C25H31F5N6O4. The molecule has 0 saturated heterocycles. The number of halogens is 5. The summed E-state index contributed by atoms with van der Waals surface area (Å²) >= 11 is 0. The molecule has 0 bridgehead atoms. The monoisotopic (exact) mass is 574 g/mol. The maximum atomic E-state index is 13.5. The highest BCUT2D eigenvalue weighted by atomic mass is 19.4. The number of aliphatic hydroxyl groups is 1. The summed E-state index contributed by atoms with van der Waals surface area (Å²) in [4.78, 5) is 39.6. The minimum atomic E-state index is -4.65. The second-order valence-electron chi connectivity index (χ2n) is 8.79. The maximum Gasteiger partial charge on any atom is 0.416 e. The molecule has 2 aromatic rings. The smallest absolute Gasteiger partial charge is 0.386 e. The van der Waals surface area contributed by atoms with Crippen molar-refractivity contribution in [1.82, 2.24) is 15.5 Å². The van der Waals surface area contributed by atoms with Gasteiger partial charge >= 0.3 is 6.18 Å². The van der Waals surface area contributed by atoms with Crippen molar-refractivity contribution in [1.29, 1.82) is 0 Å². The molecule has 220 valence electrons. The molecule has 15 heteroatoms. The molecule has 0 unspecified atom stereocenters. The average molecular weight is 575 g/mol. The van der Waals surface area contributed by atoms with Gasteiger partial charge in [-0.25, -0.2) is 8.78 Å². The molecule has 0 aliphatic heterocycles. The lowest BCUT2D eigenvalue weighted by atomic mass is 9.99. The van der Waals surface area contributed by atoms with Gasteiger partial charge in [0.1, 0.15) is 12.1 Å². The fraction of sp³-hybridized carbons (Fsp3) is 0.400. The normalized spacial score (nSPS) is 13.7. The summed E-state index contributed by atoms with van der Waals surface area (Å²) in [5.74, 6) is -4.86. The predicted molar refractivity (Wildman–Crippen MR) is 134 cm³/mol. The zero-order valence-electron chi connectivity index (χ0n) is 21.3. The molecule has 2 rings (SSSR count). The summed E-state index contributed by atoms with van der Waals surface area (Å²) in [5.41, 5.74) is 15.8. The number of carbonyl (C=O) groups is 3. The first-order valence-electron chi connectivity index (χ1n) is 12.1. The molecule has 0 aliphatic carbocycles. The van der Waals surface area contributed by atoms with Crippen molar-refractivity contribution in [3.63, 3.8) is 0 Å². The van der Waals surface area contributed by atoms with E-state index in [1.807, 2.05) is 0 Å². The maximum absolute atomic E-state index is 13.5. The Balaban J connectivity index is 2.23. The first-order chi connectivity index (χ1) is 18.8. The standard InChI is InChI=1S/C25H31F5N6O4/c26-17-6-1-14(11-18(17)27)13-34-24(40)21(22(38)15-2-4-16(5-3-15)25(28,29)30)35-23(39)19(33)12-20(37)36(9-7-31)10-8-32/h1-6,11,19,21-22,38H,7-10,12-13,31-33H2,(H,34,40)(H,35,39)/t19-,21-,22+/m0/s1. The van der Waals surface area contributed by atoms with E-state index in [1.165, 1.54) is 11.0 Å². The number of benzene rings is 2. The number of hydrogen-bond acceptors (Lipinski definition) is 7. The first-order valence-corrected chi connectivity index (χ1v) is 12.1. The summed E-state index contributed by atoms with van der Waals surface area (Å²) in [6.07, 6.45) is -7.00. The van der Waals surface area contributed by atoms with Crippen LogP contribution in [0, 0.1) is 11.6 Å². The van der Waals surface area contributed by atoms with Crippen LogP contribution < -0.4 is 27.8 Å². The second kappa shape index (κ2) is 14.6. The lowest BCUT2D eigenvalue weighted by molar-refractivity contribution is -0.138. The van der Waals surface area contributed by atoms with Crippen LogP contribution in [0.4, 0.5) is 22.0 Å². The van der Waals surface area contributed by atoms with Crippen LogP contribution in [0.3, 0.4) is 0 Å². The van der Waals surface area contributed by atoms with Crippen LogP contribution in [0.5, 0.6) is 0 Å². The molecule has 0 spiro atoms. The Morgan fingerprint density at radius 3 is 2.05 bits per heavy atom. The SMILES string of the molecule is NCCN(CCN)C(=O)C[C@H](N)C(=O)N[C@H](C(=O)NCc1ccc(F)c(F)c1)[C@H](O)c1ccc(C(F)(F)F)cc1. The van der Waals surface area contributed by atoms with Gasteiger partial charge in [-0.2, -0.15) is 13.2 Å². The van der Waals surface area contributed by atoms with Gasteiger partial charge < -0.3 is 37.8 Å². The van der Waals surface area contributed by atoms with Gasteiger partial charge in [0.05, 0.1) is 18.0 Å². The highest BCUT2D eigenvalue weighted by Crippen LogP contribution is 2.30. The Labute approximate surface area is 226 Å². The molecule has 40 heavy (non-hydrogen) atoms. The number of aliphatic hydroxyl groups excluding tert-OH is 1. The van der Waals surface area contributed by atoms with Crippen LogP contribution in [-0.2, 0) is 27.1 Å². The highest BCUT2D eigenvalue weighted by molar-refractivity contribution is 5.92. The molecule has 10 nitrogen and oxygen atoms in total. The Bertz CT molecular complexity index is 1160. The van der Waals surface area contributed by atoms with Crippen LogP contribution in [-0.4, -0.2) is 66.0 Å². The molecule has 0 heterocycles. The van der Waals surface area contributed by atoms with E-state index in [9.17, 15) is 41.4 Å². The van der Waals surface area contributed by atoms with E-state index < -0.39 is 65.7 Å². The number of hydrogen-bond donors (Lipinski definition) is 6. The summed E-state index contributed by atoms with van der Waals surface area (Å²) in [6, 6.07) is 2.80. The topological polar surface area (TPSA) is 177 Å². The fourth-order valence-corrected chi connectivity index (χ4v) is 3.64. The molecule has 3 amide bonds. The fourth-order valence-electron chi connectivity index (χ4n) is 3.64. The van der Waals surface area contributed by atoms with Gasteiger partial charge in [0.25, 0.3) is 0 Å². The molecule has 0 fully saturated rings. The molecule has 0 radical (unpaired) electrons. The van der Waals surface area contributed by atoms with Crippen molar-refractivity contribution in [2.24, 2.45) is 17.2 Å². The van der Waals surface area contributed by atoms with Crippen molar-refractivity contribution < 1.29 is 41.4 Å². The van der Waals surface area contributed by atoms with Crippen molar-refractivity contribution in [2.45, 2.75) is 37.3 Å². The number of carbonyl (C=O) groups excluding carboxylic acids is 3. The Hall–Kier alpha value is -3.66. The van der Waals surface area contributed by atoms with Crippen LogP contribution in [0.25, 0.3) is 0 Å². The largest absolute Gasteiger partial charge is 0.416 e. The quantitative estimate of drug-likeness (QED) is 0.186. The van der Waals surface area contributed by atoms with Gasteiger partial charge in [-0.15, -0.1) is 0 Å². The number of alkyl halides is 3. The molecule has 0 aliphatic rings. The summed E-state index contributed by atoms with van der Waals surface area (Å²) in [6.45, 7) is 0.233. The van der Waals surface area contributed by atoms with Gasteiger partial charge in [-0.05, 0) is 35.4 Å². The zero-order valence-corrected chi connectivity index (χ0v) is 21.3. The van der Waals surface area contributed by atoms with Gasteiger partial charge in [0.2, 0.25) is 17.7 Å². The van der Waals surface area contributed by atoms with E-state index in [2.05, 4.69) is 10.6 Å². The van der Waals surface area contributed by atoms with Crippen molar-refractivity contribution >= 4 is 17.7 Å². The van der Waals surface area contributed by atoms with E-state index in [4.69, 9.17) is 17.2 Å². The van der Waals surface area contributed by atoms with Crippen molar-refractivity contribution in [3.05, 3.63) is 70.8 Å². The Morgan fingerprint density at radius 1 is 0.925 bits per heavy atom. The second-order valence-corrected chi connectivity index (χ2v) is 8.79. The highest BCUT2D eigenvalue weighted by Gasteiger charge is 2.34. The Morgan fingerprint density at radius 2 is 1.52 bits per heavy atom. The Kier molecular flexibility index (Phi) is 11.9. The first kappa shape index (κ1) is 32.6. The van der Waals surface area contributed by atoms with Crippen LogP contribution in [0.1, 0.15) is 29.2 Å². The third kappa shape index (κ3) is 9.22. The molecule has 9 N–H and O–H groups in total. The van der Waals surface area contributed by atoms with E-state index in [1.54, 1.807) is 0 Å². The molecule has 2 aromatic carbocycles. The van der Waals surface area contributed by atoms with Gasteiger partial charge in [0.15, 0.2) is 11.6 Å². The summed E-state index contributed by atoms with van der Waals surface area (Å²) < 4.78 is 65.6. The third-order valence-corrected chi connectivity index (χ3v) is 5.81. The van der Waals surface area contributed by atoms with Crippen LogP contribution in [0.2, 0.25) is 0 Å². The number of nitrogens with two attached hydrogens (primary N) is 3. The molecular weight excluding hydrogens is 543 g/mol. The molecule has 0 saturated carbocycles. The predicted octanol–water partition coefficient (Wildman–Crippen LogP) is 0.282. The zero-order chi connectivity index (χ0) is 30.0. The van der Waals surface area contributed by atoms with E-state index in [-0.39, 0.29) is 43.9 Å². The van der Waals surface area contributed by atoms with Gasteiger partial charge in [-0.1, -0.05) is 18.2 Å². The minimum absolute atomic E-state index is 0.132. The molecule has 0 aromatic heterocycles. The van der Waals surface area contributed by atoms with Crippen molar-refractivity contribution in [2.75, 3.05) is 26.2 Å². The van der Waals surface area contributed by atoms with E-state index in [0.29, 0.717) is 12.1 Å². The third-order valence-electron chi connectivity index (χ3n) is 5.81. The minimum Gasteiger partial charge on any atom is -0.386 e. The molecule has 3 atom stereocenters. The van der Waals surface area contributed by atoms with Crippen molar-refractivity contribution in [3.8, 4) is 0 Å². The van der Waals surface area contributed by atoms with Crippen LogP contribution >= 0.6 is 0 Å². The van der Waals surface area contributed by atoms with Crippen LogP contribution in [0.15, 0.2) is 42.5 Å².